The number of hydrogen-bond acceptors (Lipinski definition) is 7. The van der Waals surface area contributed by atoms with E-state index in [0.29, 0.717) is 33.5 Å². The molecular formula is C25H15N5O2S. The summed E-state index contributed by atoms with van der Waals surface area (Å²) in [5.41, 5.74) is 3.22. The molecule has 0 amide bonds. The van der Waals surface area contributed by atoms with Gasteiger partial charge in [0.2, 0.25) is 5.95 Å². The predicted molar refractivity (Wildman–Crippen MR) is 124 cm³/mol. The second kappa shape index (κ2) is 8.80. The molecule has 0 radical (unpaired) electrons. The molecule has 158 valence electrons. The van der Waals surface area contributed by atoms with Gasteiger partial charge in [0, 0.05) is 29.1 Å². The van der Waals surface area contributed by atoms with Gasteiger partial charge in [0.05, 0.1) is 33.2 Å². The first-order chi connectivity index (χ1) is 15.9. The van der Waals surface area contributed by atoms with E-state index in [1.54, 1.807) is 54.7 Å². The highest BCUT2D eigenvalue weighted by Gasteiger charge is 2.10. The minimum absolute atomic E-state index is 0.214. The maximum absolute atomic E-state index is 11.6. The number of sulfone groups is 1. The fraction of sp³-hybridized carbons (Fsp3) is 0.0400. The lowest BCUT2D eigenvalue weighted by molar-refractivity contribution is 0.602. The van der Waals surface area contributed by atoms with Crippen LogP contribution in [0.5, 0.6) is 0 Å². The number of anilines is 2. The molecule has 0 aliphatic rings. The third-order valence-corrected chi connectivity index (χ3v) is 5.89. The molecule has 33 heavy (non-hydrogen) atoms. The summed E-state index contributed by atoms with van der Waals surface area (Å²) >= 11 is 0. The molecule has 0 fully saturated rings. The topological polar surface area (TPSA) is 120 Å². The molecule has 7 nitrogen and oxygen atoms in total. The van der Waals surface area contributed by atoms with Gasteiger partial charge in [-0.2, -0.15) is 10.5 Å². The van der Waals surface area contributed by atoms with Crippen LogP contribution in [0.2, 0.25) is 0 Å². The van der Waals surface area contributed by atoms with Gasteiger partial charge in [-0.1, -0.05) is 11.8 Å². The van der Waals surface area contributed by atoms with Crippen LogP contribution in [0.15, 0.2) is 71.8 Å². The molecule has 0 atom stereocenters. The molecule has 3 aromatic carbocycles. The van der Waals surface area contributed by atoms with Gasteiger partial charge >= 0.3 is 0 Å². The van der Waals surface area contributed by atoms with E-state index in [4.69, 9.17) is 5.26 Å². The molecule has 8 heteroatoms. The van der Waals surface area contributed by atoms with Crippen molar-refractivity contribution in [3.8, 4) is 24.0 Å². The average molecular weight is 449 g/mol. The van der Waals surface area contributed by atoms with Gasteiger partial charge in [0.15, 0.2) is 9.84 Å². The normalized spacial score (nSPS) is 10.5. The summed E-state index contributed by atoms with van der Waals surface area (Å²) in [5.74, 6) is 6.34. The number of aromatic nitrogens is 2. The molecule has 0 saturated heterocycles. The summed E-state index contributed by atoms with van der Waals surface area (Å²) < 4.78 is 23.3. The van der Waals surface area contributed by atoms with Crippen molar-refractivity contribution in [2.45, 2.75) is 4.90 Å². The van der Waals surface area contributed by atoms with E-state index >= 15 is 0 Å². The fourth-order valence-electron chi connectivity index (χ4n) is 3.05. The Morgan fingerprint density at radius 3 is 2.18 bits per heavy atom. The Labute approximate surface area is 190 Å². The summed E-state index contributed by atoms with van der Waals surface area (Å²) in [7, 11) is -3.29. The Balaban J connectivity index is 1.73. The van der Waals surface area contributed by atoms with Crippen LogP contribution in [0, 0.1) is 34.5 Å². The lowest BCUT2D eigenvalue weighted by Gasteiger charge is -2.08. The monoisotopic (exact) mass is 449 g/mol. The number of hydrogen-bond donors (Lipinski definition) is 1. The molecule has 4 rings (SSSR count). The number of nitriles is 2. The standard InChI is InChI=1S/C25H15N5O2S/c1-33(31,32)22-11-9-21(10-12-22)29-25-28-16-20-8-7-19(15-27)23(24(20)30-25)13-6-17-2-4-18(14-26)5-3-17/h2-5,7-12,16H,1H3,(H,28,29,30). The lowest BCUT2D eigenvalue weighted by Crippen LogP contribution is -2.00. The van der Waals surface area contributed by atoms with E-state index in [-0.39, 0.29) is 10.8 Å². The summed E-state index contributed by atoms with van der Waals surface area (Å²) in [6, 6.07) is 20.7. The molecule has 0 spiro atoms. The minimum Gasteiger partial charge on any atom is -0.324 e. The zero-order valence-electron chi connectivity index (χ0n) is 17.4. The number of nitrogens with zero attached hydrogens (tertiary/aromatic N) is 4. The highest BCUT2D eigenvalue weighted by atomic mass is 32.2. The Morgan fingerprint density at radius 2 is 1.55 bits per heavy atom. The molecule has 0 bridgehead atoms. The molecule has 1 aromatic heterocycles. The molecule has 0 aliphatic carbocycles. The SMILES string of the molecule is CS(=O)(=O)c1ccc(Nc2ncc3ccc(C#N)c(C#Cc4ccc(C#N)cc4)c3n2)cc1. The highest BCUT2D eigenvalue weighted by Crippen LogP contribution is 2.23. The maximum atomic E-state index is 11.6. The molecule has 4 aromatic rings. The van der Waals surface area contributed by atoms with E-state index in [0.717, 1.165) is 11.6 Å². The van der Waals surface area contributed by atoms with Crippen molar-refractivity contribution in [1.82, 2.24) is 9.97 Å². The number of fused-ring (bicyclic) bond motifs is 1. The average Bonchev–Trinajstić information content (AvgIpc) is 2.82. The Bertz CT molecular complexity index is 1620. The Kier molecular flexibility index (Phi) is 5.74. The third kappa shape index (κ3) is 4.80. The number of benzene rings is 3. The molecule has 1 heterocycles. The Morgan fingerprint density at radius 1 is 0.848 bits per heavy atom. The van der Waals surface area contributed by atoms with Gasteiger partial charge in [-0.05, 0) is 60.7 Å². The largest absolute Gasteiger partial charge is 0.324 e. The van der Waals surface area contributed by atoms with Crippen LogP contribution in [0.3, 0.4) is 0 Å². The molecule has 0 aliphatic heterocycles. The lowest BCUT2D eigenvalue weighted by atomic mass is 10.0. The van der Waals surface area contributed by atoms with E-state index in [2.05, 4.69) is 39.3 Å². The van der Waals surface area contributed by atoms with E-state index < -0.39 is 9.84 Å². The van der Waals surface area contributed by atoms with Crippen LogP contribution in [0.4, 0.5) is 11.6 Å². The van der Waals surface area contributed by atoms with Crippen LogP contribution >= 0.6 is 0 Å². The van der Waals surface area contributed by atoms with Crippen molar-refractivity contribution in [3.63, 3.8) is 0 Å². The quantitative estimate of drug-likeness (QED) is 0.471. The fourth-order valence-corrected chi connectivity index (χ4v) is 3.69. The van der Waals surface area contributed by atoms with Gasteiger partial charge in [0.25, 0.3) is 0 Å². The zero-order valence-corrected chi connectivity index (χ0v) is 18.2. The first-order valence-corrected chi connectivity index (χ1v) is 11.6. The van der Waals surface area contributed by atoms with Crippen molar-refractivity contribution in [1.29, 1.82) is 10.5 Å². The number of nitrogens with one attached hydrogen (secondary N) is 1. The van der Waals surface area contributed by atoms with Gasteiger partial charge < -0.3 is 5.32 Å². The van der Waals surface area contributed by atoms with Crippen molar-refractivity contribution < 1.29 is 8.42 Å². The smallest absolute Gasteiger partial charge is 0.227 e. The Hall–Kier alpha value is -4.71. The molecular weight excluding hydrogens is 434 g/mol. The van der Waals surface area contributed by atoms with Crippen LogP contribution in [0.1, 0.15) is 22.3 Å². The maximum Gasteiger partial charge on any atom is 0.227 e. The van der Waals surface area contributed by atoms with Crippen molar-refractivity contribution in [2.24, 2.45) is 0 Å². The van der Waals surface area contributed by atoms with E-state index in [1.807, 2.05) is 0 Å². The van der Waals surface area contributed by atoms with Gasteiger partial charge in [-0.3, -0.25) is 0 Å². The van der Waals surface area contributed by atoms with Crippen LogP contribution in [0.25, 0.3) is 10.9 Å². The molecule has 0 saturated carbocycles. The van der Waals surface area contributed by atoms with Crippen molar-refractivity contribution in [2.75, 3.05) is 11.6 Å². The zero-order chi connectivity index (χ0) is 23.4. The van der Waals surface area contributed by atoms with Gasteiger partial charge in [-0.15, -0.1) is 0 Å². The van der Waals surface area contributed by atoms with E-state index in [9.17, 15) is 13.7 Å². The summed E-state index contributed by atoms with van der Waals surface area (Å²) in [6.45, 7) is 0. The second-order valence-corrected chi connectivity index (χ2v) is 9.11. The molecule has 1 N–H and O–H groups in total. The summed E-state index contributed by atoms with van der Waals surface area (Å²) in [6.07, 6.45) is 2.78. The van der Waals surface area contributed by atoms with E-state index in [1.165, 1.54) is 12.1 Å². The second-order valence-electron chi connectivity index (χ2n) is 7.09. The highest BCUT2D eigenvalue weighted by molar-refractivity contribution is 7.90. The summed E-state index contributed by atoms with van der Waals surface area (Å²) in [5, 5.41) is 22.3. The first kappa shape index (κ1) is 21.5. The van der Waals surface area contributed by atoms with Crippen LogP contribution < -0.4 is 5.32 Å². The summed E-state index contributed by atoms with van der Waals surface area (Å²) in [4.78, 5) is 9.07. The van der Waals surface area contributed by atoms with Crippen molar-refractivity contribution >= 4 is 32.4 Å². The van der Waals surface area contributed by atoms with Crippen LogP contribution in [-0.4, -0.2) is 24.6 Å². The van der Waals surface area contributed by atoms with Crippen molar-refractivity contribution in [3.05, 3.63) is 89.1 Å². The molecule has 0 unspecified atom stereocenters. The van der Waals surface area contributed by atoms with Gasteiger partial charge in [-0.25, -0.2) is 18.4 Å². The van der Waals surface area contributed by atoms with Crippen LogP contribution in [-0.2, 0) is 9.84 Å². The number of rotatable bonds is 3. The minimum atomic E-state index is -3.29. The predicted octanol–water partition coefficient (Wildman–Crippen LogP) is 3.92. The first-order valence-electron chi connectivity index (χ1n) is 9.66. The third-order valence-electron chi connectivity index (χ3n) is 4.76. The van der Waals surface area contributed by atoms with Gasteiger partial charge in [0.1, 0.15) is 6.07 Å².